The normalized spacial score (nSPS) is 11.3. The van der Waals surface area contributed by atoms with Crippen molar-refractivity contribution in [2.24, 2.45) is 0 Å². The minimum Gasteiger partial charge on any atom is -0.340 e. The van der Waals surface area contributed by atoms with Gasteiger partial charge in [0.25, 0.3) is 0 Å². The monoisotopic (exact) mass is 1190 g/mol. The topological polar surface area (TPSA) is 53.5 Å². The zero-order valence-electron chi connectivity index (χ0n) is 43.5. The second-order valence-electron chi connectivity index (χ2n) is 19.8. The molecule has 0 saturated carbocycles. The van der Waals surface area contributed by atoms with Gasteiger partial charge in [0, 0.05) is 59.7 Å². The Balaban J connectivity index is 0.00000645. The van der Waals surface area contributed by atoms with Crippen molar-refractivity contribution in [3.05, 3.63) is 324 Å². The predicted octanol–water partition coefficient (Wildman–Crippen LogP) is 15.4. The van der Waals surface area contributed by atoms with E-state index in [2.05, 4.69) is 221 Å². The average Bonchev–Trinajstić information content (AvgIpc) is 4.38. The molecule has 0 aliphatic heterocycles. The number of rotatable bonds is 18. The first-order chi connectivity index (χ1) is 38.1. The summed E-state index contributed by atoms with van der Waals surface area (Å²) in [5.41, 5.74) is 17.4. The number of para-hydroxylation sites is 3. The molecule has 0 bridgehead atoms. The number of hydrogen-bond acceptors (Lipinski definition) is 3. The second kappa shape index (κ2) is 23.7. The summed E-state index contributed by atoms with van der Waals surface area (Å²) in [4.78, 5) is 14.2. The minimum absolute atomic E-state index is 0. The van der Waals surface area contributed by atoms with E-state index < -0.39 is 5.41 Å². The van der Waals surface area contributed by atoms with Crippen LogP contribution in [-0.2, 0) is 64.0 Å². The maximum Gasteiger partial charge on any atom is 3.00 e. The van der Waals surface area contributed by atoms with Crippen molar-refractivity contribution >= 4 is 0 Å². The molecule has 0 amide bonds. The van der Waals surface area contributed by atoms with E-state index in [9.17, 15) is 0 Å². The van der Waals surface area contributed by atoms with Gasteiger partial charge in [0.05, 0.1) is 17.5 Å². The molecule has 12 aromatic rings. The first kappa shape index (κ1) is 51.4. The summed E-state index contributed by atoms with van der Waals surface area (Å²) in [6.07, 6.45) is 17.2. The van der Waals surface area contributed by atoms with Gasteiger partial charge in [0.15, 0.2) is 0 Å². The van der Waals surface area contributed by atoms with Crippen LogP contribution in [0.1, 0.15) is 57.0 Å². The Bertz CT molecular complexity index is 3450. The molecule has 3 aromatic heterocycles. The second-order valence-corrected chi connectivity index (χ2v) is 19.8. The van der Waals surface area contributed by atoms with Crippen LogP contribution in [-0.4, -0.2) is 28.7 Å². The Morgan fingerprint density at radius 2 is 0.615 bits per heavy atom. The van der Waals surface area contributed by atoms with Crippen molar-refractivity contribution < 1.29 is 20.1 Å². The van der Waals surface area contributed by atoms with Gasteiger partial charge in [-0.1, -0.05) is 127 Å². The number of nitrogens with zero attached hydrogens (tertiary/aromatic N) is 6. The van der Waals surface area contributed by atoms with Gasteiger partial charge in [-0.25, -0.2) is 0 Å². The molecule has 380 valence electrons. The quantitative estimate of drug-likeness (QED) is 0.0635. The summed E-state index contributed by atoms with van der Waals surface area (Å²) in [6, 6.07) is 88.3. The first-order valence-corrected chi connectivity index (χ1v) is 26.6. The van der Waals surface area contributed by atoms with Crippen LogP contribution >= 0.6 is 0 Å². The molecule has 0 spiro atoms. The van der Waals surface area contributed by atoms with E-state index in [1.807, 2.05) is 73.2 Å². The minimum atomic E-state index is -0.424. The Hall–Kier alpha value is -8.74. The third kappa shape index (κ3) is 10.8. The average molecular weight is 1190 g/mol. The summed E-state index contributed by atoms with van der Waals surface area (Å²) in [5, 5.41) is 0. The van der Waals surface area contributed by atoms with E-state index in [4.69, 9.17) is 15.0 Å². The number of benzene rings is 9. The molecule has 0 aliphatic rings. The first-order valence-electron chi connectivity index (χ1n) is 26.6. The van der Waals surface area contributed by atoms with Gasteiger partial charge in [0.1, 0.15) is 0 Å². The molecule has 0 N–H and O–H groups in total. The third-order valence-electron chi connectivity index (χ3n) is 15.2. The van der Waals surface area contributed by atoms with Crippen molar-refractivity contribution in [3.63, 3.8) is 0 Å². The summed E-state index contributed by atoms with van der Waals surface area (Å²) in [7, 11) is 0. The largest absolute Gasteiger partial charge is 3.00 e. The number of aromatic nitrogens is 6. The molecule has 0 aliphatic carbocycles. The van der Waals surface area contributed by atoms with Gasteiger partial charge in [-0.05, 0) is 114 Å². The van der Waals surface area contributed by atoms with Gasteiger partial charge >= 0.3 is 20.1 Å². The van der Waals surface area contributed by atoms with Crippen LogP contribution in [0, 0.1) is 18.2 Å². The number of hydrogen-bond donors (Lipinski definition) is 0. The molecule has 0 radical (unpaired) electrons. The van der Waals surface area contributed by atoms with E-state index in [-0.39, 0.29) is 20.1 Å². The van der Waals surface area contributed by atoms with Crippen LogP contribution in [0.4, 0.5) is 0 Å². The fourth-order valence-electron chi connectivity index (χ4n) is 10.9. The number of aryl methyl sites for hydroxylation is 6. The van der Waals surface area contributed by atoms with Crippen molar-refractivity contribution in [2.75, 3.05) is 0 Å². The van der Waals surface area contributed by atoms with Gasteiger partial charge in [0.2, 0.25) is 0 Å². The standard InChI is InChI=1S/C71H57N6.Ir/c1-71(62-41-32-53(33-42-62)29-38-56-17-11-14-26-65(56)75-50-47-72-68(75)59-20-5-2-6-21-59,63-43-34-54(35-44-63)30-39-57-18-12-15-27-66(57)76-51-48-73-69(76)60-22-7-3-8-23-60)64-45-36-55(37-46-64)31-40-58-19-13-16-28-67(58)77-52-49-74-70(77)61-24-9-4-10-25-61;/h2-20,22,24,26-28,32-37,41-52H,29-31,38-40H2,1H3;/q-3;+3. The fraction of sp³-hybridized carbons (Fsp3) is 0.113. The smallest absolute Gasteiger partial charge is 0.340 e. The van der Waals surface area contributed by atoms with Crippen LogP contribution in [0.2, 0.25) is 0 Å². The van der Waals surface area contributed by atoms with Gasteiger partial charge in [-0.2, -0.15) is 0 Å². The fourth-order valence-corrected chi connectivity index (χ4v) is 10.9. The Morgan fingerprint density at radius 1 is 0.333 bits per heavy atom. The van der Waals surface area contributed by atoms with Crippen LogP contribution in [0.5, 0.6) is 0 Å². The van der Waals surface area contributed by atoms with Crippen LogP contribution in [0.25, 0.3) is 51.2 Å². The molecule has 0 atom stereocenters. The van der Waals surface area contributed by atoms with E-state index in [0.717, 1.165) is 89.8 Å². The molecule has 9 aromatic carbocycles. The summed E-state index contributed by atoms with van der Waals surface area (Å²) < 4.78 is 6.57. The zero-order valence-corrected chi connectivity index (χ0v) is 45.9. The molecule has 12 rings (SSSR count). The van der Waals surface area contributed by atoms with E-state index in [1.165, 1.54) is 50.1 Å². The predicted molar refractivity (Wildman–Crippen MR) is 311 cm³/mol. The van der Waals surface area contributed by atoms with Crippen LogP contribution in [0.3, 0.4) is 0 Å². The van der Waals surface area contributed by atoms with Crippen molar-refractivity contribution in [1.82, 2.24) is 28.7 Å². The Kier molecular flexibility index (Phi) is 15.6. The molecule has 0 fully saturated rings. The van der Waals surface area contributed by atoms with E-state index >= 15 is 0 Å². The molecular formula is C71H57IrN6. The molecule has 3 heterocycles. The summed E-state index contributed by atoms with van der Waals surface area (Å²) >= 11 is 0. The van der Waals surface area contributed by atoms with Crippen molar-refractivity contribution in [1.29, 1.82) is 0 Å². The van der Waals surface area contributed by atoms with Gasteiger partial charge in [-0.15, -0.1) is 108 Å². The molecule has 0 unspecified atom stereocenters. The van der Waals surface area contributed by atoms with Crippen molar-refractivity contribution in [2.45, 2.75) is 50.9 Å². The van der Waals surface area contributed by atoms with E-state index in [1.54, 1.807) is 0 Å². The third-order valence-corrected chi connectivity index (χ3v) is 15.2. The molecular weight excluding hydrogens is 1130 g/mol. The van der Waals surface area contributed by atoms with Crippen molar-refractivity contribution in [3.8, 4) is 51.2 Å². The zero-order chi connectivity index (χ0) is 51.8. The molecule has 78 heavy (non-hydrogen) atoms. The Morgan fingerprint density at radius 3 is 0.897 bits per heavy atom. The van der Waals surface area contributed by atoms with Gasteiger partial charge < -0.3 is 13.7 Å². The Labute approximate surface area is 471 Å². The SMILES string of the molecule is CC(c1ccc(CCc2ccccc2-n2ccnc2-c2[c-]cccc2)cc1)(c1ccc(CCc2ccccc2-n2ccnc2-c2[c-]cccc2)cc1)c1ccc(CCc2ccccc2-n2ccnc2-c2[c-]cccc2)cc1.[Ir+3]. The van der Waals surface area contributed by atoms with Crippen LogP contribution in [0.15, 0.2) is 256 Å². The van der Waals surface area contributed by atoms with E-state index in [0.29, 0.717) is 0 Å². The summed E-state index contributed by atoms with van der Waals surface area (Å²) in [5.74, 6) is 2.67. The molecule has 0 saturated heterocycles. The maximum atomic E-state index is 4.73. The van der Waals surface area contributed by atoms with Crippen LogP contribution < -0.4 is 0 Å². The maximum absolute atomic E-state index is 4.73. The summed E-state index contributed by atoms with van der Waals surface area (Å²) in [6.45, 7) is 2.39. The van der Waals surface area contributed by atoms with Gasteiger partial charge in [-0.3, -0.25) is 15.0 Å². The molecule has 7 heteroatoms. The number of imidazole rings is 3. The molecule has 6 nitrogen and oxygen atoms in total.